The number of carbonyl (C=O) groups excluding carboxylic acids is 1. The Labute approximate surface area is 104 Å². The average Bonchev–Trinajstić information content (AvgIpc) is 2.29. The van der Waals surface area contributed by atoms with Gasteiger partial charge in [-0.1, -0.05) is 24.3 Å². The average molecular weight is 231 g/mol. The van der Waals surface area contributed by atoms with Gasteiger partial charge in [-0.2, -0.15) is 0 Å². The molecule has 17 heavy (non-hydrogen) atoms. The van der Waals surface area contributed by atoms with Crippen LogP contribution in [0.1, 0.15) is 35.2 Å². The standard InChI is InChI=1S/C15H21NO/c1-12-6-3-4-8-14(12)15(17)10-13-7-5-9-16(2)11-13/h3-4,6,8,13H,5,7,9-11H2,1-2H3. The summed E-state index contributed by atoms with van der Waals surface area (Å²) in [5.41, 5.74) is 2.00. The predicted octanol–water partition coefficient (Wildman–Crippen LogP) is 2.91. The van der Waals surface area contributed by atoms with E-state index >= 15 is 0 Å². The number of carbonyl (C=O) groups is 1. The SMILES string of the molecule is Cc1ccccc1C(=O)CC1CCCN(C)C1. The zero-order valence-corrected chi connectivity index (χ0v) is 10.8. The molecule has 1 unspecified atom stereocenters. The zero-order valence-electron chi connectivity index (χ0n) is 10.8. The second kappa shape index (κ2) is 5.46. The first-order chi connectivity index (χ1) is 8.16. The van der Waals surface area contributed by atoms with Gasteiger partial charge in [-0.05, 0) is 44.8 Å². The lowest BCUT2D eigenvalue weighted by Crippen LogP contribution is -2.33. The minimum Gasteiger partial charge on any atom is -0.306 e. The smallest absolute Gasteiger partial charge is 0.163 e. The summed E-state index contributed by atoms with van der Waals surface area (Å²) in [6.07, 6.45) is 3.12. The lowest BCUT2D eigenvalue weighted by molar-refractivity contribution is 0.0929. The van der Waals surface area contributed by atoms with E-state index in [0.717, 1.165) is 17.7 Å². The quantitative estimate of drug-likeness (QED) is 0.745. The first kappa shape index (κ1) is 12.3. The molecule has 1 saturated heterocycles. The Kier molecular flexibility index (Phi) is 3.95. The Bertz CT molecular complexity index is 400. The number of ketones is 1. The van der Waals surface area contributed by atoms with E-state index in [4.69, 9.17) is 0 Å². The Balaban J connectivity index is 1.99. The highest BCUT2D eigenvalue weighted by molar-refractivity contribution is 5.97. The molecule has 92 valence electrons. The highest BCUT2D eigenvalue weighted by atomic mass is 16.1. The molecule has 0 saturated carbocycles. The lowest BCUT2D eigenvalue weighted by atomic mass is 9.90. The summed E-state index contributed by atoms with van der Waals surface area (Å²) in [5.74, 6) is 0.851. The molecular formula is C15H21NO. The van der Waals surface area contributed by atoms with Gasteiger partial charge in [0.15, 0.2) is 5.78 Å². The fourth-order valence-corrected chi connectivity index (χ4v) is 2.70. The van der Waals surface area contributed by atoms with Crippen LogP contribution in [0.3, 0.4) is 0 Å². The summed E-state index contributed by atoms with van der Waals surface area (Å²) in [6, 6.07) is 7.90. The summed E-state index contributed by atoms with van der Waals surface area (Å²) >= 11 is 0. The molecule has 1 atom stereocenters. The number of rotatable bonds is 3. The van der Waals surface area contributed by atoms with Crippen LogP contribution in [0.2, 0.25) is 0 Å². The molecule has 1 aliphatic rings. The van der Waals surface area contributed by atoms with Crippen molar-refractivity contribution >= 4 is 5.78 Å². The molecule has 1 aromatic rings. The number of hydrogen-bond donors (Lipinski definition) is 0. The molecule has 0 amide bonds. The Hall–Kier alpha value is -1.15. The van der Waals surface area contributed by atoms with Crippen LogP contribution < -0.4 is 0 Å². The molecule has 0 N–H and O–H groups in total. The first-order valence-corrected chi connectivity index (χ1v) is 6.44. The van der Waals surface area contributed by atoms with E-state index in [9.17, 15) is 4.79 Å². The molecule has 2 heteroatoms. The van der Waals surface area contributed by atoms with Crippen molar-refractivity contribution in [2.24, 2.45) is 5.92 Å². The number of likely N-dealkylation sites (tertiary alicyclic amines) is 1. The third kappa shape index (κ3) is 3.16. The largest absolute Gasteiger partial charge is 0.306 e. The van der Waals surface area contributed by atoms with Crippen molar-refractivity contribution in [3.63, 3.8) is 0 Å². The number of piperidine rings is 1. The summed E-state index contributed by atoms with van der Waals surface area (Å²) < 4.78 is 0. The first-order valence-electron chi connectivity index (χ1n) is 6.44. The number of hydrogen-bond acceptors (Lipinski definition) is 2. The monoisotopic (exact) mass is 231 g/mol. The molecule has 1 heterocycles. The molecule has 1 aromatic carbocycles. The van der Waals surface area contributed by atoms with Gasteiger partial charge in [-0.3, -0.25) is 4.79 Å². The Morgan fingerprint density at radius 3 is 2.88 bits per heavy atom. The molecule has 2 rings (SSSR count). The molecular weight excluding hydrogens is 210 g/mol. The molecule has 2 nitrogen and oxygen atoms in total. The van der Waals surface area contributed by atoms with Crippen LogP contribution in [0.4, 0.5) is 0 Å². The molecule has 1 aliphatic heterocycles. The second-order valence-corrected chi connectivity index (χ2v) is 5.21. The topological polar surface area (TPSA) is 20.3 Å². The van der Waals surface area contributed by atoms with E-state index in [1.54, 1.807) is 0 Å². The summed E-state index contributed by atoms with van der Waals surface area (Å²) in [6.45, 7) is 4.26. The third-order valence-corrected chi connectivity index (χ3v) is 3.64. The number of benzene rings is 1. The molecule has 0 spiro atoms. The minimum atomic E-state index is 0.309. The highest BCUT2D eigenvalue weighted by Crippen LogP contribution is 2.21. The Morgan fingerprint density at radius 2 is 2.18 bits per heavy atom. The number of nitrogens with zero attached hydrogens (tertiary/aromatic N) is 1. The molecule has 0 bridgehead atoms. The summed E-state index contributed by atoms with van der Waals surface area (Å²) in [5, 5.41) is 0. The van der Waals surface area contributed by atoms with Crippen molar-refractivity contribution in [1.29, 1.82) is 0 Å². The van der Waals surface area contributed by atoms with E-state index in [2.05, 4.69) is 11.9 Å². The fraction of sp³-hybridized carbons (Fsp3) is 0.533. The van der Waals surface area contributed by atoms with Crippen molar-refractivity contribution in [3.8, 4) is 0 Å². The van der Waals surface area contributed by atoms with Crippen molar-refractivity contribution in [1.82, 2.24) is 4.90 Å². The van der Waals surface area contributed by atoms with Gasteiger partial charge in [0.1, 0.15) is 0 Å². The van der Waals surface area contributed by atoms with Gasteiger partial charge in [0, 0.05) is 18.5 Å². The van der Waals surface area contributed by atoms with Gasteiger partial charge < -0.3 is 4.90 Å². The van der Waals surface area contributed by atoms with Gasteiger partial charge in [0.05, 0.1) is 0 Å². The highest BCUT2D eigenvalue weighted by Gasteiger charge is 2.21. The van der Waals surface area contributed by atoms with E-state index in [0.29, 0.717) is 18.1 Å². The fourth-order valence-electron chi connectivity index (χ4n) is 2.70. The van der Waals surface area contributed by atoms with Crippen LogP contribution >= 0.6 is 0 Å². The zero-order chi connectivity index (χ0) is 12.3. The van der Waals surface area contributed by atoms with Crippen molar-refractivity contribution in [3.05, 3.63) is 35.4 Å². The van der Waals surface area contributed by atoms with E-state index in [-0.39, 0.29) is 0 Å². The number of aryl methyl sites for hydroxylation is 1. The van der Waals surface area contributed by atoms with Crippen LogP contribution in [0.15, 0.2) is 24.3 Å². The maximum absolute atomic E-state index is 12.2. The van der Waals surface area contributed by atoms with Crippen LogP contribution in [0.5, 0.6) is 0 Å². The maximum atomic E-state index is 12.2. The summed E-state index contributed by atoms with van der Waals surface area (Å²) in [7, 11) is 2.14. The molecule has 1 fully saturated rings. The predicted molar refractivity (Wildman–Crippen MR) is 70.3 cm³/mol. The van der Waals surface area contributed by atoms with Crippen LogP contribution in [-0.4, -0.2) is 30.8 Å². The minimum absolute atomic E-state index is 0.309. The van der Waals surface area contributed by atoms with Gasteiger partial charge in [0.2, 0.25) is 0 Å². The van der Waals surface area contributed by atoms with E-state index in [1.807, 2.05) is 31.2 Å². The van der Waals surface area contributed by atoms with E-state index < -0.39 is 0 Å². The number of Topliss-reactive ketones (excluding diaryl/α,β-unsaturated/α-hetero) is 1. The van der Waals surface area contributed by atoms with Crippen molar-refractivity contribution < 1.29 is 4.79 Å². The van der Waals surface area contributed by atoms with E-state index in [1.165, 1.54) is 19.4 Å². The molecule has 0 aromatic heterocycles. The van der Waals surface area contributed by atoms with Crippen LogP contribution in [0.25, 0.3) is 0 Å². The summed E-state index contributed by atoms with van der Waals surface area (Å²) in [4.78, 5) is 14.6. The molecule has 0 aliphatic carbocycles. The van der Waals surface area contributed by atoms with Crippen molar-refractivity contribution in [2.75, 3.05) is 20.1 Å². The Morgan fingerprint density at radius 1 is 1.41 bits per heavy atom. The van der Waals surface area contributed by atoms with Gasteiger partial charge in [0.25, 0.3) is 0 Å². The van der Waals surface area contributed by atoms with Gasteiger partial charge in [-0.25, -0.2) is 0 Å². The molecule has 0 radical (unpaired) electrons. The van der Waals surface area contributed by atoms with Crippen LogP contribution in [0, 0.1) is 12.8 Å². The second-order valence-electron chi connectivity index (χ2n) is 5.21. The van der Waals surface area contributed by atoms with Gasteiger partial charge in [-0.15, -0.1) is 0 Å². The van der Waals surface area contributed by atoms with Crippen LogP contribution in [-0.2, 0) is 0 Å². The van der Waals surface area contributed by atoms with Crippen molar-refractivity contribution in [2.45, 2.75) is 26.2 Å². The normalized spacial score (nSPS) is 21.4. The maximum Gasteiger partial charge on any atom is 0.163 e. The lowest BCUT2D eigenvalue weighted by Gasteiger charge is -2.29. The van der Waals surface area contributed by atoms with Gasteiger partial charge >= 0.3 is 0 Å². The third-order valence-electron chi connectivity index (χ3n) is 3.64.